The molecular formula is C15H20F2S2Si. The summed E-state index contributed by atoms with van der Waals surface area (Å²) in [6.45, 7) is 4.07. The molecule has 0 nitrogen and oxygen atoms in total. The first-order chi connectivity index (χ1) is 9.51. The van der Waals surface area contributed by atoms with Crippen molar-refractivity contribution in [2.75, 3.05) is 11.5 Å². The van der Waals surface area contributed by atoms with Crippen LogP contribution in [-0.2, 0) is 0 Å². The predicted molar refractivity (Wildman–Crippen MR) is 90.7 cm³/mol. The van der Waals surface area contributed by atoms with Gasteiger partial charge in [-0.05, 0) is 29.5 Å². The predicted octanol–water partition coefficient (Wildman–Crippen LogP) is 4.88. The van der Waals surface area contributed by atoms with Crippen LogP contribution in [0.5, 0.6) is 0 Å². The lowest BCUT2D eigenvalue weighted by molar-refractivity contribution is 0.414. The third kappa shape index (κ3) is 3.89. The molecule has 0 atom stereocenters. The lowest BCUT2D eigenvalue weighted by Gasteiger charge is -2.29. The van der Waals surface area contributed by atoms with E-state index in [-0.39, 0.29) is 0 Å². The molecule has 1 heterocycles. The van der Waals surface area contributed by atoms with Crippen LogP contribution in [0, 0.1) is 0 Å². The average molecular weight is 331 g/mol. The van der Waals surface area contributed by atoms with Gasteiger partial charge in [0.1, 0.15) is 8.07 Å². The molecule has 2 rings (SSSR count). The molecule has 110 valence electrons. The molecule has 20 heavy (non-hydrogen) atoms. The number of halogens is 2. The maximum absolute atomic E-state index is 13.5. The SMILES string of the molecule is C[Si](C)(C(CC1SCCCS1)=C(F)F)c1ccccc1. The maximum atomic E-state index is 13.5. The van der Waals surface area contributed by atoms with Gasteiger partial charge in [-0.3, -0.25) is 0 Å². The number of thioether (sulfide) groups is 2. The third-order valence-corrected chi connectivity index (χ3v) is 10.4. The molecule has 0 amide bonds. The number of benzene rings is 1. The van der Waals surface area contributed by atoms with Crippen molar-refractivity contribution < 1.29 is 8.78 Å². The Morgan fingerprint density at radius 2 is 1.75 bits per heavy atom. The third-order valence-electron chi connectivity index (χ3n) is 3.74. The minimum atomic E-state index is -2.25. The van der Waals surface area contributed by atoms with Gasteiger partial charge >= 0.3 is 0 Å². The highest BCUT2D eigenvalue weighted by Crippen LogP contribution is 2.38. The van der Waals surface area contributed by atoms with Gasteiger partial charge in [-0.25, -0.2) is 0 Å². The van der Waals surface area contributed by atoms with Gasteiger partial charge < -0.3 is 0 Å². The lowest BCUT2D eigenvalue weighted by atomic mass is 10.4. The zero-order valence-electron chi connectivity index (χ0n) is 11.9. The number of hydrogen-bond acceptors (Lipinski definition) is 2. The van der Waals surface area contributed by atoms with E-state index in [0.717, 1.165) is 16.7 Å². The van der Waals surface area contributed by atoms with Gasteiger partial charge in [0.2, 0.25) is 0 Å². The van der Waals surface area contributed by atoms with E-state index < -0.39 is 14.2 Å². The molecule has 1 aromatic carbocycles. The van der Waals surface area contributed by atoms with Crippen molar-refractivity contribution in [3.63, 3.8) is 0 Å². The van der Waals surface area contributed by atoms with Crippen LogP contribution in [0.3, 0.4) is 0 Å². The molecule has 0 aliphatic carbocycles. The van der Waals surface area contributed by atoms with E-state index in [0.29, 0.717) is 16.2 Å². The zero-order valence-corrected chi connectivity index (χ0v) is 14.5. The minimum absolute atomic E-state index is 0.302. The second-order valence-corrected chi connectivity index (χ2v) is 12.8. The van der Waals surface area contributed by atoms with Gasteiger partial charge in [0.15, 0.2) is 0 Å². The van der Waals surface area contributed by atoms with Gasteiger partial charge in [-0.15, -0.1) is 23.5 Å². The van der Waals surface area contributed by atoms with Crippen LogP contribution in [0.1, 0.15) is 12.8 Å². The fraction of sp³-hybridized carbons (Fsp3) is 0.467. The van der Waals surface area contributed by atoms with Crippen LogP contribution in [0.25, 0.3) is 0 Å². The Morgan fingerprint density at radius 3 is 2.30 bits per heavy atom. The molecule has 0 unspecified atom stereocenters. The van der Waals surface area contributed by atoms with E-state index >= 15 is 0 Å². The van der Waals surface area contributed by atoms with Crippen molar-refractivity contribution in [1.29, 1.82) is 0 Å². The van der Waals surface area contributed by atoms with Gasteiger partial charge in [-0.1, -0.05) is 48.6 Å². The Morgan fingerprint density at radius 1 is 1.15 bits per heavy atom. The second kappa shape index (κ2) is 7.14. The standard InChI is InChI=1S/C15H20F2S2Si/c1-20(2,12-7-4-3-5-8-12)13(15(16)17)11-14-18-9-6-10-19-14/h3-5,7-8,14H,6,9-11H2,1-2H3. The summed E-state index contributed by atoms with van der Waals surface area (Å²) in [7, 11) is -2.25. The fourth-order valence-electron chi connectivity index (χ4n) is 2.42. The molecule has 1 aliphatic heterocycles. The summed E-state index contributed by atoms with van der Waals surface area (Å²) in [5.74, 6) is 2.21. The molecule has 1 aromatic rings. The summed E-state index contributed by atoms with van der Waals surface area (Å²) in [4.78, 5) is 0. The van der Waals surface area contributed by atoms with Crippen molar-refractivity contribution in [3.05, 3.63) is 41.6 Å². The average Bonchev–Trinajstić information content (AvgIpc) is 2.46. The zero-order chi connectivity index (χ0) is 14.6. The summed E-state index contributed by atoms with van der Waals surface area (Å²) in [6.07, 6.45) is 0.283. The number of allylic oxidation sites excluding steroid dienone is 1. The molecule has 0 radical (unpaired) electrons. The fourth-order valence-corrected chi connectivity index (χ4v) is 8.14. The maximum Gasteiger partial charge on any atom is 0.266 e. The molecule has 1 aliphatic rings. The van der Waals surface area contributed by atoms with E-state index in [1.807, 2.05) is 66.9 Å². The van der Waals surface area contributed by atoms with Crippen LogP contribution < -0.4 is 5.19 Å². The van der Waals surface area contributed by atoms with Gasteiger partial charge in [0, 0.05) is 0 Å². The van der Waals surface area contributed by atoms with E-state index in [9.17, 15) is 8.78 Å². The molecule has 1 saturated heterocycles. The molecule has 0 aromatic heterocycles. The summed E-state index contributed by atoms with van der Waals surface area (Å²) in [5, 5.41) is 1.52. The first kappa shape index (κ1) is 16.1. The number of rotatable bonds is 4. The molecule has 0 spiro atoms. The Labute approximate surface area is 129 Å². The number of hydrogen-bond donors (Lipinski definition) is 0. The smallest absolute Gasteiger partial charge is 0.174 e. The van der Waals surface area contributed by atoms with E-state index in [1.54, 1.807) is 0 Å². The largest absolute Gasteiger partial charge is 0.266 e. The van der Waals surface area contributed by atoms with Crippen LogP contribution in [0.4, 0.5) is 8.78 Å². The lowest BCUT2D eigenvalue weighted by Crippen LogP contribution is -2.44. The van der Waals surface area contributed by atoms with Gasteiger partial charge in [0.25, 0.3) is 6.08 Å². The highest BCUT2D eigenvalue weighted by Gasteiger charge is 2.34. The molecule has 5 heteroatoms. The van der Waals surface area contributed by atoms with E-state index in [2.05, 4.69) is 0 Å². The van der Waals surface area contributed by atoms with Crippen molar-refractivity contribution in [3.8, 4) is 0 Å². The first-order valence-corrected chi connectivity index (χ1v) is 11.9. The molecule has 0 saturated carbocycles. The molecule has 0 bridgehead atoms. The highest BCUT2D eigenvalue weighted by atomic mass is 32.2. The van der Waals surface area contributed by atoms with Crippen LogP contribution in [0.2, 0.25) is 13.1 Å². The van der Waals surface area contributed by atoms with E-state index in [1.165, 1.54) is 6.42 Å². The Balaban J connectivity index is 2.22. The Bertz CT molecular complexity index is 464. The minimum Gasteiger partial charge on any atom is -0.174 e. The summed E-state index contributed by atoms with van der Waals surface area (Å²) < 4.78 is 27.4. The molecule has 1 fully saturated rings. The highest BCUT2D eigenvalue weighted by molar-refractivity contribution is 8.17. The van der Waals surface area contributed by atoms with Crippen LogP contribution >= 0.6 is 23.5 Å². The van der Waals surface area contributed by atoms with Crippen molar-refractivity contribution in [1.82, 2.24) is 0 Å². The summed E-state index contributed by atoms with van der Waals surface area (Å²) >= 11 is 3.68. The Kier molecular flexibility index (Phi) is 5.75. The normalized spacial score (nSPS) is 17.0. The molecular weight excluding hydrogens is 310 g/mol. The van der Waals surface area contributed by atoms with Gasteiger partial charge in [-0.2, -0.15) is 8.78 Å². The van der Waals surface area contributed by atoms with Crippen molar-refractivity contribution >= 4 is 36.8 Å². The summed E-state index contributed by atoms with van der Waals surface area (Å²) in [5.41, 5.74) is 0. The quantitative estimate of drug-likeness (QED) is 0.722. The van der Waals surface area contributed by atoms with E-state index in [4.69, 9.17) is 0 Å². The second-order valence-electron chi connectivity index (χ2n) is 5.46. The van der Waals surface area contributed by atoms with Crippen molar-refractivity contribution in [2.45, 2.75) is 30.5 Å². The first-order valence-electron chi connectivity index (χ1n) is 6.85. The molecule has 0 N–H and O–H groups in total. The topological polar surface area (TPSA) is 0 Å². The van der Waals surface area contributed by atoms with Gasteiger partial charge in [0.05, 0.1) is 4.58 Å². The summed E-state index contributed by atoms with van der Waals surface area (Å²) in [6, 6.07) is 9.83. The Hall–Kier alpha value is -0.263. The van der Waals surface area contributed by atoms with Crippen LogP contribution in [0.15, 0.2) is 41.6 Å². The van der Waals surface area contributed by atoms with Crippen LogP contribution in [-0.4, -0.2) is 24.2 Å². The monoisotopic (exact) mass is 330 g/mol. The van der Waals surface area contributed by atoms with Crippen molar-refractivity contribution in [2.24, 2.45) is 0 Å².